The van der Waals surface area contributed by atoms with Crippen LogP contribution in [0.15, 0.2) is 11.8 Å². The molecule has 0 aromatic rings. The third-order valence-electron chi connectivity index (χ3n) is 5.24. The molecule has 0 spiro atoms. The van der Waals surface area contributed by atoms with Crippen LogP contribution in [0, 0.1) is 10.8 Å². The van der Waals surface area contributed by atoms with Crippen LogP contribution in [0.2, 0.25) is 0 Å². The molecule has 2 nitrogen and oxygen atoms in total. The molecule has 0 aromatic heterocycles. The lowest BCUT2D eigenvalue weighted by molar-refractivity contribution is -0.116. The summed E-state index contributed by atoms with van der Waals surface area (Å²) in [7, 11) is 0. The third kappa shape index (κ3) is 2.59. The fraction of sp³-hybridized carbons (Fsp3) is 0.824. The molecule has 3 rings (SSSR count). The summed E-state index contributed by atoms with van der Waals surface area (Å²) < 4.78 is 0. The Balaban J connectivity index is 1.80. The van der Waals surface area contributed by atoms with E-state index in [0.29, 0.717) is 22.7 Å². The number of allylic oxidation sites excluding steroid dienone is 1. The number of carbonyl (C=O) groups is 1. The molecular formula is C17H27NO. The number of likely N-dealkylation sites (tertiary alicyclic amines) is 1. The minimum atomic E-state index is 0.400. The zero-order valence-electron chi connectivity index (χ0n) is 12.7. The summed E-state index contributed by atoms with van der Waals surface area (Å²) in [6, 6.07) is 0.663. The summed E-state index contributed by atoms with van der Waals surface area (Å²) in [5.41, 5.74) is 2.02. The Labute approximate surface area is 117 Å². The van der Waals surface area contributed by atoms with Crippen LogP contribution in [0.1, 0.15) is 65.7 Å². The van der Waals surface area contributed by atoms with Gasteiger partial charge in [-0.15, -0.1) is 0 Å². The summed E-state index contributed by atoms with van der Waals surface area (Å²) in [6.45, 7) is 8.39. The number of nitrogens with zero attached hydrogens (tertiary/aromatic N) is 1. The average Bonchev–Trinajstić information content (AvgIpc) is 2.51. The van der Waals surface area contributed by atoms with Gasteiger partial charge in [0.2, 0.25) is 0 Å². The molecule has 1 aliphatic heterocycles. The number of Topliss-reactive ketones (excluding diaryl/α,β-unsaturated/α-hetero) is 1. The van der Waals surface area contributed by atoms with Crippen LogP contribution in [0.3, 0.4) is 0 Å². The normalized spacial score (nSPS) is 39.9. The molecule has 2 aliphatic carbocycles. The van der Waals surface area contributed by atoms with Gasteiger partial charge in [0.05, 0.1) is 0 Å². The highest BCUT2D eigenvalue weighted by Gasteiger charge is 2.48. The van der Waals surface area contributed by atoms with Crippen molar-refractivity contribution in [2.75, 3.05) is 6.54 Å². The number of hydrogen-bond donors (Lipinski definition) is 0. The third-order valence-corrected chi connectivity index (χ3v) is 5.24. The number of carbonyl (C=O) groups excluding carboxylic acids is 1. The molecule has 1 heterocycles. The number of hydrogen-bond acceptors (Lipinski definition) is 2. The lowest BCUT2D eigenvalue weighted by atomic mass is 9.65. The van der Waals surface area contributed by atoms with Gasteiger partial charge >= 0.3 is 0 Å². The first-order chi connectivity index (χ1) is 8.87. The van der Waals surface area contributed by atoms with Gasteiger partial charge in [-0.25, -0.2) is 0 Å². The molecule has 2 saturated carbocycles. The molecule has 3 aliphatic rings. The van der Waals surface area contributed by atoms with Crippen molar-refractivity contribution in [2.24, 2.45) is 10.8 Å². The van der Waals surface area contributed by atoms with Crippen LogP contribution < -0.4 is 0 Å². The van der Waals surface area contributed by atoms with Gasteiger partial charge in [0.25, 0.3) is 0 Å². The van der Waals surface area contributed by atoms with Gasteiger partial charge < -0.3 is 4.90 Å². The van der Waals surface area contributed by atoms with Crippen molar-refractivity contribution in [3.8, 4) is 0 Å². The Morgan fingerprint density at radius 3 is 2.63 bits per heavy atom. The highest BCUT2D eigenvalue weighted by Crippen LogP contribution is 2.52. The van der Waals surface area contributed by atoms with Crippen LogP contribution >= 0.6 is 0 Å². The van der Waals surface area contributed by atoms with E-state index in [-0.39, 0.29) is 0 Å². The first kappa shape index (κ1) is 13.2. The van der Waals surface area contributed by atoms with Crippen LogP contribution in [0.25, 0.3) is 0 Å². The fourth-order valence-corrected chi connectivity index (χ4v) is 4.89. The molecular weight excluding hydrogens is 234 g/mol. The van der Waals surface area contributed by atoms with Crippen molar-refractivity contribution < 1.29 is 4.79 Å². The monoisotopic (exact) mass is 261 g/mol. The highest BCUT2D eigenvalue weighted by atomic mass is 16.1. The first-order valence-electron chi connectivity index (χ1n) is 7.87. The lowest BCUT2D eigenvalue weighted by Gasteiger charge is -2.39. The maximum atomic E-state index is 12.0. The minimum Gasteiger partial charge on any atom is -0.373 e. The molecule has 1 saturated heterocycles. The quantitative estimate of drug-likeness (QED) is 0.667. The molecule has 0 radical (unpaired) electrons. The Kier molecular flexibility index (Phi) is 3.03. The molecule has 2 bridgehead atoms. The van der Waals surface area contributed by atoms with E-state index in [1.807, 2.05) is 0 Å². The average molecular weight is 261 g/mol. The van der Waals surface area contributed by atoms with Gasteiger partial charge in [0.1, 0.15) is 0 Å². The largest absolute Gasteiger partial charge is 0.373 e. The Morgan fingerprint density at radius 1 is 1.16 bits per heavy atom. The second-order valence-corrected chi connectivity index (χ2v) is 8.17. The molecule has 2 heteroatoms. The van der Waals surface area contributed by atoms with E-state index in [0.717, 1.165) is 31.4 Å². The predicted octanol–water partition coefficient (Wildman–Crippen LogP) is 3.91. The maximum Gasteiger partial charge on any atom is 0.160 e. The molecule has 19 heavy (non-hydrogen) atoms. The zero-order chi connectivity index (χ0) is 13.7. The summed E-state index contributed by atoms with van der Waals surface area (Å²) in [5, 5.41) is 0. The van der Waals surface area contributed by atoms with Crippen LogP contribution in [0.5, 0.6) is 0 Å². The highest BCUT2D eigenvalue weighted by molar-refractivity contribution is 5.95. The molecule has 106 valence electrons. The topological polar surface area (TPSA) is 20.3 Å². The summed E-state index contributed by atoms with van der Waals surface area (Å²) in [6.07, 6.45) is 10.2. The lowest BCUT2D eigenvalue weighted by Crippen LogP contribution is -2.33. The van der Waals surface area contributed by atoms with Crippen molar-refractivity contribution in [1.82, 2.24) is 4.90 Å². The van der Waals surface area contributed by atoms with Crippen LogP contribution in [0.4, 0.5) is 0 Å². The number of ketones is 1. The van der Waals surface area contributed by atoms with E-state index >= 15 is 0 Å². The van der Waals surface area contributed by atoms with Crippen molar-refractivity contribution in [3.63, 3.8) is 0 Å². The van der Waals surface area contributed by atoms with Crippen molar-refractivity contribution in [2.45, 2.75) is 71.8 Å². The number of fused-ring (bicyclic) bond motifs is 2. The number of rotatable bonds is 1. The van der Waals surface area contributed by atoms with Gasteiger partial charge in [-0.2, -0.15) is 0 Å². The van der Waals surface area contributed by atoms with Crippen molar-refractivity contribution in [3.05, 3.63) is 11.8 Å². The van der Waals surface area contributed by atoms with Gasteiger partial charge in [-0.05, 0) is 49.4 Å². The van der Waals surface area contributed by atoms with Gasteiger partial charge in [-0.1, -0.05) is 20.8 Å². The second-order valence-electron chi connectivity index (χ2n) is 8.17. The molecule has 0 unspecified atom stereocenters. The molecule has 0 amide bonds. The van der Waals surface area contributed by atoms with E-state index in [1.54, 1.807) is 0 Å². The molecule has 0 aromatic carbocycles. The van der Waals surface area contributed by atoms with Gasteiger partial charge in [0.15, 0.2) is 5.78 Å². The van der Waals surface area contributed by atoms with E-state index in [9.17, 15) is 4.79 Å². The summed E-state index contributed by atoms with van der Waals surface area (Å²) >= 11 is 0. The zero-order valence-corrected chi connectivity index (χ0v) is 12.7. The molecule has 0 N–H and O–H groups in total. The standard InChI is InChI=1S/C17H27NO/c1-16(2)8-14-9-17(3,11-16)12-18(14)10-13-6-4-5-7-15(13)19/h10,14H,4-9,11-12H2,1-3H3/t14-,17-/m1/s1. The van der Waals surface area contributed by atoms with Crippen molar-refractivity contribution >= 4 is 5.78 Å². The Bertz CT molecular complexity index is 423. The predicted molar refractivity (Wildman–Crippen MR) is 77.8 cm³/mol. The second kappa shape index (κ2) is 4.36. The minimum absolute atomic E-state index is 0.400. The van der Waals surface area contributed by atoms with E-state index in [2.05, 4.69) is 31.9 Å². The summed E-state index contributed by atoms with van der Waals surface area (Å²) in [5.74, 6) is 0.400. The SMILES string of the molecule is CC1(C)C[C@@H]2C[C@@](C)(CN2C=C2CCCCC2=O)C1. The van der Waals surface area contributed by atoms with Crippen molar-refractivity contribution in [1.29, 1.82) is 0 Å². The summed E-state index contributed by atoms with van der Waals surface area (Å²) in [4.78, 5) is 14.5. The Hall–Kier alpha value is -0.790. The molecule has 2 atom stereocenters. The van der Waals surface area contributed by atoms with Gasteiger partial charge in [0, 0.05) is 30.8 Å². The van der Waals surface area contributed by atoms with E-state index in [4.69, 9.17) is 0 Å². The van der Waals surface area contributed by atoms with Gasteiger partial charge in [-0.3, -0.25) is 4.79 Å². The Morgan fingerprint density at radius 2 is 1.89 bits per heavy atom. The van der Waals surface area contributed by atoms with Crippen LogP contribution in [-0.4, -0.2) is 23.3 Å². The maximum absolute atomic E-state index is 12.0. The van der Waals surface area contributed by atoms with E-state index in [1.165, 1.54) is 25.7 Å². The first-order valence-corrected chi connectivity index (χ1v) is 7.87. The fourth-order valence-electron chi connectivity index (χ4n) is 4.89. The van der Waals surface area contributed by atoms with E-state index < -0.39 is 0 Å². The smallest absolute Gasteiger partial charge is 0.160 e. The van der Waals surface area contributed by atoms with Crippen LogP contribution in [-0.2, 0) is 4.79 Å². The molecule has 3 fully saturated rings.